The highest BCUT2D eigenvalue weighted by atomic mass is 16.5. The summed E-state index contributed by atoms with van der Waals surface area (Å²) >= 11 is 0. The van der Waals surface area contributed by atoms with Crippen molar-refractivity contribution < 1.29 is 14.6 Å². The Morgan fingerprint density at radius 2 is 2.31 bits per heavy atom. The lowest BCUT2D eigenvalue weighted by Gasteiger charge is -2.05. The standard InChI is InChI=1S/C10H12O3/c1-6-3-8-9(11)4-7(12-2)5-10(8)13-6/h4-6,11H,3H2,1-2H3. The van der Waals surface area contributed by atoms with Gasteiger partial charge in [-0.1, -0.05) is 0 Å². The Labute approximate surface area is 76.9 Å². The van der Waals surface area contributed by atoms with Crippen LogP contribution in [0.2, 0.25) is 0 Å². The van der Waals surface area contributed by atoms with Crippen LogP contribution in [0.3, 0.4) is 0 Å². The number of phenolic OH excluding ortho intramolecular Hbond substituents is 1. The second kappa shape index (κ2) is 2.83. The second-order valence-electron chi connectivity index (χ2n) is 3.26. The average molecular weight is 180 g/mol. The molecule has 0 aliphatic carbocycles. The Kier molecular flexibility index (Phi) is 1.79. The summed E-state index contributed by atoms with van der Waals surface area (Å²) in [4.78, 5) is 0. The molecule has 0 radical (unpaired) electrons. The van der Waals surface area contributed by atoms with Crippen molar-refractivity contribution in [1.29, 1.82) is 0 Å². The van der Waals surface area contributed by atoms with Gasteiger partial charge in [-0.25, -0.2) is 0 Å². The third kappa shape index (κ3) is 1.30. The van der Waals surface area contributed by atoms with E-state index in [0.29, 0.717) is 5.75 Å². The van der Waals surface area contributed by atoms with Gasteiger partial charge in [-0.15, -0.1) is 0 Å². The molecular formula is C10H12O3. The van der Waals surface area contributed by atoms with Gasteiger partial charge in [0.2, 0.25) is 0 Å². The van der Waals surface area contributed by atoms with E-state index in [-0.39, 0.29) is 11.9 Å². The number of methoxy groups -OCH3 is 1. The zero-order valence-electron chi connectivity index (χ0n) is 7.70. The van der Waals surface area contributed by atoms with E-state index in [1.165, 1.54) is 0 Å². The van der Waals surface area contributed by atoms with Crippen LogP contribution in [0.15, 0.2) is 12.1 Å². The van der Waals surface area contributed by atoms with Crippen LogP contribution in [0.1, 0.15) is 12.5 Å². The SMILES string of the molecule is COc1cc(O)c2c(c1)OC(C)C2. The zero-order chi connectivity index (χ0) is 9.42. The lowest BCUT2D eigenvalue weighted by atomic mass is 10.1. The maximum atomic E-state index is 9.60. The van der Waals surface area contributed by atoms with Crippen LogP contribution in [0.4, 0.5) is 0 Å². The van der Waals surface area contributed by atoms with Gasteiger partial charge >= 0.3 is 0 Å². The number of fused-ring (bicyclic) bond motifs is 1. The quantitative estimate of drug-likeness (QED) is 0.715. The normalized spacial score (nSPS) is 19.4. The molecule has 13 heavy (non-hydrogen) atoms. The monoisotopic (exact) mass is 180 g/mol. The van der Waals surface area contributed by atoms with Gasteiger partial charge in [0.15, 0.2) is 0 Å². The molecule has 0 aromatic heterocycles. The molecule has 70 valence electrons. The van der Waals surface area contributed by atoms with Crippen molar-refractivity contribution >= 4 is 0 Å². The summed E-state index contributed by atoms with van der Waals surface area (Å²) in [5, 5.41) is 9.60. The van der Waals surface area contributed by atoms with Crippen molar-refractivity contribution in [2.24, 2.45) is 0 Å². The van der Waals surface area contributed by atoms with Crippen LogP contribution in [0.25, 0.3) is 0 Å². The molecule has 1 unspecified atom stereocenters. The summed E-state index contributed by atoms with van der Waals surface area (Å²) in [5.74, 6) is 1.63. The molecule has 1 aliphatic heterocycles. The summed E-state index contributed by atoms with van der Waals surface area (Å²) in [6.07, 6.45) is 0.915. The van der Waals surface area contributed by atoms with Crippen molar-refractivity contribution in [3.63, 3.8) is 0 Å². The Hall–Kier alpha value is -1.38. The predicted octanol–water partition coefficient (Wildman–Crippen LogP) is 1.72. The van der Waals surface area contributed by atoms with E-state index in [1.807, 2.05) is 6.92 Å². The molecule has 1 N–H and O–H groups in total. The molecule has 3 nitrogen and oxygen atoms in total. The summed E-state index contributed by atoms with van der Waals surface area (Å²) < 4.78 is 10.5. The van der Waals surface area contributed by atoms with Gasteiger partial charge in [-0.05, 0) is 6.92 Å². The van der Waals surface area contributed by atoms with Crippen LogP contribution >= 0.6 is 0 Å². The first-order valence-electron chi connectivity index (χ1n) is 4.27. The minimum atomic E-state index is 0.146. The van der Waals surface area contributed by atoms with Crippen LogP contribution in [-0.4, -0.2) is 18.3 Å². The van der Waals surface area contributed by atoms with Gasteiger partial charge < -0.3 is 14.6 Å². The van der Waals surface area contributed by atoms with Crippen LogP contribution < -0.4 is 9.47 Å². The van der Waals surface area contributed by atoms with Gasteiger partial charge in [0.1, 0.15) is 23.4 Å². The van der Waals surface area contributed by atoms with Gasteiger partial charge in [0.05, 0.1) is 7.11 Å². The second-order valence-corrected chi connectivity index (χ2v) is 3.26. The minimum Gasteiger partial charge on any atom is -0.507 e. The molecule has 1 aromatic carbocycles. The number of benzene rings is 1. The van der Waals surface area contributed by atoms with E-state index in [9.17, 15) is 5.11 Å². The van der Waals surface area contributed by atoms with E-state index < -0.39 is 0 Å². The highest BCUT2D eigenvalue weighted by molar-refractivity contribution is 5.52. The number of hydrogen-bond donors (Lipinski definition) is 1. The maximum absolute atomic E-state index is 9.60. The molecule has 0 spiro atoms. The fraction of sp³-hybridized carbons (Fsp3) is 0.400. The van der Waals surface area contributed by atoms with Crippen molar-refractivity contribution in [2.45, 2.75) is 19.4 Å². The topological polar surface area (TPSA) is 38.7 Å². The first-order valence-corrected chi connectivity index (χ1v) is 4.27. The molecule has 3 heteroatoms. The molecule has 0 saturated carbocycles. The Morgan fingerprint density at radius 3 is 3.00 bits per heavy atom. The highest BCUT2D eigenvalue weighted by Crippen LogP contribution is 2.38. The largest absolute Gasteiger partial charge is 0.507 e. The molecule has 0 saturated heterocycles. The lowest BCUT2D eigenvalue weighted by Crippen LogP contribution is -2.05. The van der Waals surface area contributed by atoms with E-state index in [2.05, 4.69) is 0 Å². The van der Waals surface area contributed by atoms with Crippen LogP contribution in [0.5, 0.6) is 17.2 Å². The molecule has 0 bridgehead atoms. The smallest absolute Gasteiger partial charge is 0.130 e. The summed E-state index contributed by atoms with van der Waals surface area (Å²) in [7, 11) is 1.57. The molecule has 0 fully saturated rings. The third-order valence-electron chi connectivity index (χ3n) is 2.21. The first kappa shape index (κ1) is 8.23. The van der Waals surface area contributed by atoms with Gasteiger partial charge in [0, 0.05) is 24.1 Å². The fourth-order valence-electron chi connectivity index (χ4n) is 1.58. The number of ether oxygens (including phenoxy) is 2. The van der Waals surface area contributed by atoms with E-state index >= 15 is 0 Å². The molecule has 2 rings (SSSR count). The average Bonchev–Trinajstić information content (AvgIpc) is 2.46. The molecule has 1 atom stereocenters. The van der Waals surface area contributed by atoms with Crippen molar-refractivity contribution in [3.05, 3.63) is 17.7 Å². The number of phenols is 1. The first-order chi connectivity index (χ1) is 6.20. The molecule has 0 amide bonds. The molecule has 1 heterocycles. The number of rotatable bonds is 1. The lowest BCUT2D eigenvalue weighted by molar-refractivity contribution is 0.253. The van der Waals surface area contributed by atoms with E-state index in [0.717, 1.165) is 17.7 Å². The maximum Gasteiger partial charge on any atom is 0.130 e. The summed E-state index contributed by atoms with van der Waals surface area (Å²) in [6, 6.07) is 3.42. The molecule has 1 aliphatic rings. The highest BCUT2D eigenvalue weighted by Gasteiger charge is 2.23. The fourth-order valence-corrected chi connectivity index (χ4v) is 1.58. The Bertz CT molecular complexity index is 333. The Balaban J connectivity index is 2.46. The van der Waals surface area contributed by atoms with Gasteiger partial charge in [0.25, 0.3) is 0 Å². The number of hydrogen-bond acceptors (Lipinski definition) is 3. The van der Waals surface area contributed by atoms with Crippen molar-refractivity contribution in [1.82, 2.24) is 0 Å². The van der Waals surface area contributed by atoms with Gasteiger partial charge in [-0.2, -0.15) is 0 Å². The molecule has 1 aromatic rings. The summed E-state index contributed by atoms with van der Waals surface area (Å²) in [5.41, 5.74) is 0.883. The van der Waals surface area contributed by atoms with Crippen LogP contribution in [-0.2, 0) is 6.42 Å². The molecular weight excluding hydrogens is 168 g/mol. The zero-order valence-corrected chi connectivity index (χ0v) is 7.70. The van der Waals surface area contributed by atoms with Gasteiger partial charge in [-0.3, -0.25) is 0 Å². The summed E-state index contributed by atoms with van der Waals surface area (Å²) in [6.45, 7) is 1.98. The van der Waals surface area contributed by atoms with E-state index in [1.54, 1.807) is 19.2 Å². The van der Waals surface area contributed by atoms with Crippen LogP contribution in [0, 0.1) is 0 Å². The minimum absolute atomic E-state index is 0.146. The number of aromatic hydroxyl groups is 1. The third-order valence-corrected chi connectivity index (χ3v) is 2.21. The Morgan fingerprint density at radius 1 is 1.54 bits per heavy atom. The predicted molar refractivity (Wildman–Crippen MR) is 48.5 cm³/mol. The van der Waals surface area contributed by atoms with Crippen molar-refractivity contribution in [2.75, 3.05) is 7.11 Å². The van der Waals surface area contributed by atoms with Crippen molar-refractivity contribution in [3.8, 4) is 17.2 Å². The van der Waals surface area contributed by atoms with E-state index in [4.69, 9.17) is 9.47 Å².